The van der Waals surface area contributed by atoms with Crippen molar-refractivity contribution in [3.63, 3.8) is 0 Å². The molecule has 0 amide bonds. The molecule has 7 heteroatoms. The van der Waals surface area contributed by atoms with Gasteiger partial charge >= 0.3 is 0 Å². The second-order valence-corrected chi connectivity index (χ2v) is 7.39. The van der Waals surface area contributed by atoms with Crippen LogP contribution in [0, 0.1) is 5.92 Å². The first-order chi connectivity index (χ1) is 9.97. The van der Waals surface area contributed by atoms with E-state index in [0.717, 1.165) is 19.4 Å². The van der Waals surface area contributed by atoms with Crippen LogP contribution < -0.4 is 10.0 Å². The Bertz CT molecular complexity index is 533. The van der Waals surface area contributed by atoms with Crippen LogP contribution in [0.3, 0.4) is 0 Å². The fourth-order valence-electron chi connectivity index (χ4n) is 2.17. The highest BCUT2D eigenvalue weighted by Crippen LogP contribution is 2.16. The summed E-state index contributed by atoms with van der Waals surface area (Å²) in [5.74, 6) is 0.857. The molecule has 1 aromatic heterocycles. The monoisotopic (exact) mass is 316 g/mol. The highest BCUT2D eigenvalue weighted by Gasteiger charge is 2.21. The van der Waals surface area contributed by atoms with E-state index in [2.05, 4.69) is 10.0 Å². The molecule has 1 fully saturated rings. The van der Waals surface area contributed by atoms with Crippen LogP contribution in [0.25, 0.3) is 0 Å². The van der Waals surface area contributed by atoms with Crippen LogP contribution >= 0.6 is 0 Å². The highest BCUT2D eigenvalue weighted by atomic mass is 32.2. The molecule has 120 valence electrons. The third kappa shape index (κ3) is 5.10. The molecule has 1 aliphatic heterocycles. The molecular formula is C14H24N2O4S. The number of nitrogens with one attached hydrogen (secondary N) is 2. The van der Waals surface area contributed by atoms with Crippen LogP contribution in [0.15, 0.2) is 21.6 Å². The fourth-order valence-corrected chi connectivity index (χ4v) is 3.23. The summed E-state index contributed by atoms with van der Waals surface area (Å²) in [6.45, 7) is 6.34. The van der Waals surface area contributed by atoms with E-state index in [1.807, 2.05) is 13.8 Å². The molecule has 0 radical (unpaired) electrons. The van der Waals surface area contributed by atoms with Gasteiger partial charge in [0, 0.05) is 19.2 Å². The van der Waals surface area contributed by atoms with Gasteiger partial charge in [-0.3, -0.25) is 0 Å². The first kappa shape index (κ1) is 16.5. The van der Waals surface area contributed by atoms with Crippen molar-refractivity contribution in [3.8, 4) is 0 Å². The molecule has 2 rings (SSSR count). The zero-order valence-electron chi connectivity index (χ0n) is 12.6. The van der Waals surface area contributed by atoms with Crippen LogP contribution in [0.1, 0.15) is 32.4 Å². The van der Waals surface area contributed by atoms with Gasteiger partial charge in [-0.1, -0.05) is 13.8 Å². The Morgan fingerprint density at radius 3 is 2.86 bits per heavy atom. The van der Waals surface area contributed by atoms with Gasteiger partial charge in [-0.05, 0) is 30.9 Å². The topological polar surface area (TPSA) is 80.6 Å². The highest BCUT2D eigenvalue weighted by molar-refractivity contribution is 7.89. The molecule has 21 heavy (non-hydrogen) atoms. The molecule has 2 N–H and O–H groups in total. The molecule has 1 aliphatic rings. The molecule has 0 saturated carbocycles. The van der Waals surface area contributed by atoms with Gasteiger partial charge < -0.3 is 14.5 Å². The summed E-state index contributed by atoms with van der Waals surface area (Å²) < 4.78 is 37.7. The van der Waals surface area contributed by atoms with Crippen molar-refractivity contribution < 1.29 is 17.6 Å². The third-order valence-corrected chi connectivity index (χ3v) is 4.70. The fraction of sp³-hybridized carbons (Fsp3) is 0.714. The number of sulfonamides is 1. The van der Waals surface area contributed by atoms with E-state index in [-0.39, 0.29) is 11.0 Å². The summed E-state index contributed by atoms with van der Waals surface area (Å²) in [4.78, 5) is 0. The molecule has 6 nitrogen and oxygen atoms in total. The Hall–Kier alpha value is -0.890. The molecule has 0 spiro atoms. The zero-order chi connectivity index (χ0) is 15.3. The first-order valence-corrected chi connectivity index (χ1v) is 8.85. The average molecular weight is 316 g/mol. The predicted octanol–water partition coefficient (Wildman–Crippen LogP) is 1.48. The van der Waals surface area contributed by atoms with Gasteiger partial charge in [0.05, 0.1) is 13.2 Å². The number of hydrogen-bond donors (Lipinski definition) is 2. The normalized spacial score (nSPS) is 20.0. The van der Waals surface area contributed by atoms with Crippen molar-refractivity contribution in [3.05, 3.63) is 17.9 Å². The Labute approximate surface area is 126 Å². The summed E-state index contributed by atoms with van der Waals surface area (Å²) in [5.41, 5.74) is 0. The van der Waals surface area contributed by atoms with Crippen LogP contribution in [-0.4, -0.2) is 34.2 Å². The Kier molecular flexibility index (Phi) is 5.80. The van der Waals surface area contributed by atoms with E-state index in [1.165, 1.54) is 6.07 Å². The van der Waals surface area contributed by atoms with Gasteiger partial charge in [0.15, 0.2) is 0 Å². The van der Waals surface area contributed by atoms with Gasteiger partial charge in [0.1, 0.15) is 5.76 Å². The van der Waals surface area contributed by atoms with E-state index in [4.69, 9.17) is 9.15 Å². The lowest BCUT2D eigenvalue weighted by Crippen LogP contribution is -2.33. The predicted molar refractivity (Wildman–Crippen MR) is 79.4 cm³/mol. The quantitative estimate of drug-likeness (QED) is 0.796. The molecule has 1 unspecified atom stereocenters. The van der Waals surface area contributed by atoms with E-state index in [0.29, 0.717) is 31.5 Å². The second-order valence-electron chi connectivity index (χ2n) is 5.69. The molecule has 0 aliphatic carbocycles. The Morgan fingerprint density at radius 1 is 1.38 bits per heavy atom. The maximum Gasteiger partial charge on any atom is 0.273 e. The summed E-state index contributed by atoms with van der Waals surface area (Å²) in [6, 6.07) is 3.50. The summed E-state index contributed by atoms with van der Waals surface area (Å²) in [7, 11) is -3.58. The van der Waals surface area contributed by atoms with Crippen LogP contribution in [0.2, 0.25) is 0 Å². The maximum atomic E-state index is 12.2. The van der Waals surface area contributed by atoms with Crippen molar-refractivity contribution in [2.75, 3.05) is 19.8 Å². The number of hydrogen-bond acceptors (Lipinski definition) is 5. The zero-order valence-corrected chi connectivity index (χ0v) is 13.4. The molecule has 0 aromatic carbocycles. The van der Waals surface area contributed by atoms with E-state index >= 15 is 0 Å². The van der Waals surface area contributed by atoms with E-state index in [9.17, 15) is 8.42 Å². The second kappa shape index (κ2) is 7.40. The smallest absolute Gasteiger partial charge is 0.273 e. The molecular weight excluding hydrogens is 292 g/mol. The van der Waals surface area contributed by atoms with Crippen LogP contribution in [-0.2, 0) is 21.3 Å². The minimum absolute atomic E-state index is 0.0280. The number of furan rings is 1. The van der Waals surface area contributed by atoms with E-state index < -0.39 is 10.0 Å². The molecule has 2 heterocycles. The minimum Gasteiger partial charge on any atom is -0.447 e. The standard InChI is InChI=1S/C14H24N2O4S/c1-11(2)15-9-13-5-6-14(20-13)21(17,18)16-8-12-4-3-7-19-10-12/h5-6,11-12,15-16H,3-4,7-10H2,1-2H3. The van der Waals surface area contributed by atoms with Gasteiger partial charge in [-0.2, -0.15) is 0 Å². The summed E-state index contributed by atoms with van der Waals surface area (Å²) >= 11 is 0. The lowest BCUT2D eigenvalue weighted by atomic mass is 10.0. The molecule has 1 saturated heterocycles. The van der Waals surface area contributed by atoms with Gasteiger partial charge in [-0.25, -0.2) is 13.1 Å². The minimum atomic E-state index is -3.58. The van der Waals surface area contributed by atoms with Gasteiger partial charge in [-0.15, -0.1) is 0 Å². The van der Waals surface area contributed by atoms with Crippen molar-refractivity contribution in [1.82, 2.24) is 10.0 Å². The molecule has 1 atom stereocenters. The van der Waals surface area contributed by atoms with Crippen molar-refractivity contribution in [1.29, 1.82) is 0 Å². The van der Waals surface area contributed by atoms with Crippen molar-refractivity contribution in [2.45, 2.75) is 44.4 Å². The summed E-state index contributed by atoms with van der Waals surface area (Å²) in [6.07, 6.45) is 1.97. The maximum absolute atomic E-state index is 12.2. The van der Waals surface area contributed by atoms with Gasteiger partial charge in [0.25, 0.3) is 10.0 Å². The van der Waals surface area contributed by atoms with Crippen molar-refractivity contribution >= 4 is 10.0 Å². The Balaban J connectivity index is 1.89. The number of ether oxygens (including phenoxy) is 1. The number of rotatable bonds is 7. The van der Waals surface area contributed by atoms with Crippen molar-refractivity contribution in [2.24, 2.45) is 5.92 Å². The average Bonchev–Trinajstić information content (AvgIpc) is 2.94. The SMILES string of the molecule is CC(C)NCc1ccc(S(=O)(=O)NCC2CCCOC2)o1. The summed E-state index contributed by atoms with van der Waals surface area (Å²) in [5, 5.41) is 3.16. The van der Waals surface area contributed by atoms with Gasteiger partial charge in [0.2, 0.25) is 5.09 Å². The molecule has 1 aromatic rings. The molecule has 0 bridgehead atoms. The lowest BCUT2D eigenvalue weighted by molar-refractivity contribution is 0.0567. The Morgan fingerprint density at radius 2 is 2.19 bits per heavy atom. The largest absolute Gasteiger partial charge is 0.447 e. The first-order valence-electron chi connectivity index (χ1n) is 7.37. The van der Waals surface area contributed by atoms with Crippen LogP contribution in [0.5, 0.6) is 0 Å². The van der Waals surface area contributed by atoms with Crippen LogP contribution in [0.4, 0.5) is 0 Å². The lowest BCUT2D eigenvalue weighted by Gasteiger charge is -2.21. The van der Waals surface area contributed by atoms with E-state index in [1.54, 1.807) is 6.07 Å². The third-order valence-electron chi connectivity index (χ3n) is 3.40.